The van der Waals surface area contributed by atoms with E-state index in [1.54, 1.807) is 0 Å². The number of halogens is 1. The van der Waals surface area contributed by atoms with E-state index >= 15 is 0 Å². The lowest BCUT2D eigenvalue weighted by atomic mass is 10.1. The fourth-order valence-electron chi connectivity index (χ4n) is 2.97. The van der Waals surface area contributed by atoms with Crippen LogP contribution in [-0.2, 0) is 4.79 Å². The van der Waals surface area contributed by atoms with Gasteiger partial charge in [0, 0.05) is 19.5 Å². The third kappa shape index (κ3) is 19.8. The van der Waals surface area contributed by atoms with Gasteiger partial charge in [0.15, 0.2) is 0 Å². The number of carbonyl (C=O) groups excluding carboxylic acids is 1. The molecule has 0 aliphatic carbocycles. The Balaban J connectivity index is 0. The van der Waals surface area contributed by atoms with Crippen molar-refractivity contribution in [3.63, 3.8) is 0 Å². The second kappa shape index (κ2) is 22.5. The van der Waals surface area contributed by atoms with Gasteiger partial charge in [-0.2, -0.15) is 0 Å². The minimum Gasteiger partial charge on any atom is -0.289 e. The molecule has 26 heavy (non-hydrogen) atoms. The van der Waals surface area contributed by atoms with Crippen molar-refractivity contribution in [1.82, 2.24) is 10.4 Å². The molecule has 0 aromatic heterocycles. The largest absolute Gasteiger partial charge is 0.289 e. The number of carbonyl (C=O) groups is 1. The highest BCUT2D eigenvalue weighted by molar-refractivity contribution is 5.85. The lowest BCUT2D eigenvalue weighted by Gasteiger charge is -2.19. The topological polar surface area (TPSA) is 32.3 Å². The van der Waals surface area contributed by atoms with Gasteiger partial charge >= 0.3 is 0 Å². The van der Waals surface area contributed by atoms with Gasteiger partial charge in [0.1, 0.15) is 0 Å². The standard InChI is InChI=1S/C22H44N2O.ClH/c1-4-7-8-9-10-11-12-13-14-15-16-17-18-19-20-21-22(25)23-24(5-2)6-3;/h13-14H,4-12,15-21H2,1-3H3,(H,23,25);1H/b14-13-;. The number of hydrogen-bond donors (Lipinski definition) is 1. The van der Waals surface area contributed by atoms with Crippen LogP contribution >= 0.6 is 12.4 Å². The van der Waals surface area contributed by atoms with Gasteiger partial charge in [-0.1, -0.05) is 84.3 Å². The van der Waals surface area contributed by atoms with E-state index in [9.17, 15) is 4.79 Å². The van der Waals surface area contributed by atoms with Crippen molar-refractivity contribution in [3.8, 4) is 0 Å². The van der Waals surface area contributed by atoms with Crippen LogP contribution in [0.3, 0.4) is 0 Å². The molecule has 1 amide bonds. The van der Waals surface area contributed by atoms with Gasteiger partial charge in [0.2, 0.25) is 5.91 Å². The normalized spacial score (nSPS) is 11.1. The maximum absolute atomic E-state index is 11.7. The molecule has 0 atom stereocenters. The Hall–Kier alpha value is -0.540. The molecule has 0 fully saturated rings. The van der Waals surface area contributed by atoms with Crippen molar-refractivity contribution in [2.24, 2.45) is 0 Å². The van der Waals surface area contributed by atoms with Crippen molar-refractivity contribution in [2.45, 2.75) is 111 Å². The Kier molecular flexibility index (Phi) is 24.0. The summed E-state index contributed by atoms with van der Waals surface area (Å²) in [5.41, 5.74) is 2.95. The summed E-state index contributed by atoms with van der Waals surface area (Å²) < 4.78 is 0. The predicted octanol–water partition coefficient (Wildman–Crippen LogP) is 6.82. The third-order valence-corrected chi connectivity index (χ3v) is 4.71. The predicted molar refractivity (Wildman–Crippen MR) is 118 cm³/mol. The SMILES string of the molecule is CCCCCCCC/C=C\CCCCCCCC(=O)NN(CC)CC.Cl. The summed E-state index contributed by atoms with van der Waals surface area (Å²) in [5, 5.41) is 1.96. The van der Waals surface area contributed by atoms with Gasteiger partial charge in [0.05, 0.1) is 0 Å². The second-order valence-electron chi connectivity index (χ2n) is 7.04. The van der Waals surface area contributed by atoms with Crippen LogP contribution < -0.4 is 5.43 Å². The van der Waals surface area contributed by atoms with Gasteiger partial charge in [-0.05, 0) is 32.1 Å². The molecule has 0 rings (SSSR count). The first kappa shape index (κ1) is 27.7. The summed E-state index contributed by atoms with van der Waals surface area (Å²) in [4.78, 5) is 11.7. The monoisotopic (exact) mass is 388 g/mol. The molecule has 0 saturated carbocycles. The quantitative estimate of drug-likeness (QED) is 0.159. The van der Waals surface area contributed by atoms with Crippen molar-refractivity contribution < 1.29 is 4.79 Å². The number of hydrogen-bond acceptors (Lipinski definition) is 2. The number of unbranched alkanes of at least 4 members (excludes halogenated alkanes) is 11. The van der Waals surface area contributed by atoms with Gasteiger partial charge in [0.25, 0.3) is 0 Å². The molecule has 0 aromatic carbocycles. The molecule has 0 radical (unpaired) electrons. The molecule has 0 aromatic rings. The molecule has 0 aliphatic heterocycles. The molecule has 1 N–H and O–H groups in total. The van der Waals surface area contributed by atoms with Gasteiger partial charge in [-0.3, -0.25) is 10.2 Å². The number of hydrazine groups is 1. The van der Waals surface area contributed by atoms with Crippen LogP contribution in [0.5, 0.6) is 0 Å². The van der Waals surface area contributed by atoms with E-state index in [1.165, 1.54) is 77.0 Å². The number of nitrogens with one attached hydrogen (secondary N) is 1. The highest BCUT2D eigenvalue weighted by atomic mass is 35.5. The van der Waals surface area contributed by atoms with E-state index in [4.69, 9.17) is 0 Å². The minimum absolute atomic E-state index is 0. The summed E-state index contributed by atoms with van der Waals surface area (Å²) in [7, 11) is 0. The molecule has 0 unspecified atom stereocenters. The van der Waals surface area contributed by atoms with E-state index in [0.717, 1.165) is 19.5 Å². The van der Waals surface area contributed by atoms with Crippen LogP contribution in [0.4, 0.5) is 0 Å². The lowest BCUT2D eigenvalue weighted by Crippen LogP contribution is -2.41. The van der Waals surface area contributed by atoms with Crippen LogP contribution in [0, 0.1) is 0 Å². The molecule has 0 heterocycles. The fraction of sp³-hybridized carbons (Fsp3) is 0.864. The van der Waals surface area contributed by atoms with E-state index < -0.39 is 0 Å². The van der Waals surface area contributed by atoms with E-state index in [-0.39, 0.29) is 18.3 Å². The highest BCUT2D eigenvalue weighted by Gasteiger charge is 2.04. The molecule has 0 aliphatic rings. The maximum atomic E-state index is 11.7. The first-order chi connectivity index (χ1) is 12.2. The molecule has 156 valence electrons. The highest BCUT2D eigenvalue weighted by Crippen LogP contribution is 2.10. The second-order valence-corrected chi connectivity index (χ2v) is 7.04. The van der Waals surface area contributed by atoms with Crippen LogP contribution in [0.25, 0.3) is 0 Å². The lowest BCUT2D eigenvalue weighted by molar-refractivity contribution is -0.125. The number of allylic oxidation sites excluding steroid dienone is 2. The number of amides is 1. The van der Waals surface area contributed by atoms with Gasteiger partial charge in [-0.25, -0.2) is 5.01 Å². The average Bonchev–Trinajstić information content (AvgIpc) is 2.62. The van der Waals surface area contributed by atoms with E-state index in [0.29, 0.717) is 6.42 Å². The summed E-state index contributed by atoms with van der Waals surface area (Å²) >= 11 is 0. The van der Waals surface area contributed by atoms with Gasteiger partial charge in [-0.15, -0.1) is 12.4 Å². The van der Waals surface area contributed by atoms with Gasteiger partial charge < -0.3 is 0 Å². The van der Waals surface area contributed by atoms with Crippen LogP contribution in [0.1, 0.15) is 111 Å². The summed E-state index contributed by atoms with van der Waals surface area (Å²) in [6, 6.07) is 0. The summed E-state index contributed by atoms with van der Waals surface area (Å²) in [6.07, 6.45) is 22.2. The molecule has 0 spiro atoms. The first-order valence-corrected chi connectivity index (χ1v) is 10.9. The molecule has 0 bridgehead atoms. The van der Waals surface area contributed by atoms with E-state index in [2.05, 4.69) is 38.3 Å². The number of rotatable bonds is 18. The Morgan fingerprint density at radius 2 is 1.19 bits per heavy atom. The molecular weight excluding hydrogens is 344 g/mol. The zero-order valence-corrected chi connectivity index (χ0v) is 18.5. The fourth-order valence-corrected chi connectivity index (χ4v) is 2.97. The van der Waals surface area contributed by atoms with Crippen LogP contribution in [0.15, 0.2) is 12.2 Å². The third-order valence-electron chi connectivity index (χ3n) is 4.71. The summed E-state index contributed by atoms with van der Waals surface area (Å²) in [6.45, 7) is 8.13. The zero-order valence-electron chi connectivity index (χ0n) is 17.7. The van der Waals surface area contributed by atoms with Crippen molar-refractivity contribution >= 4 is 18.3 Å². The maximum Gasteiger partial charge on any atom is 0.234 e. The Morgan fingerprint density at radius 1 is 0.731 bits per heavy atom. The molecular formula is C22H45ClN2O. The summed E-state index contributed by atoms with van der Waals surface area (Å²) in [5.74, 6) is 0.168. The van der Waals surface area contributed by atoms with Crippen LogP contribution in [0.2, 0.25) is 0 Å². The van der Waals surface area contributed by atoms with Crippen molar-refractivity contribution in [2.75, 3.05) is 13.1 Å². The smallest absolute Gasteiger partial charge is 0.234 e. The molecule has 0 saturated heterocycles. The number of nitrogens with zero attached hydrogens (tertiary/aromatic N) is 1. The zero-order chi connectivity index (χ0) is 18.6. The molecule has 3 nitrogen and oxygen atoms in total. The van der Waals surface area contributed by atoms with E-state index in [1.807, 2.05) is 5.01 Å². The first-order valence-electron chi connectivity index (χ1n) is 10.9. The van der Waals surface area contributed by atoms with Crippen LogP contribution in [-0.4, -0.2) is 24.0 Å². The Bertz CT molecular complexity index is 317. The van der Waals surface area contributed by atoms with Crippen molar-refractivity contribution in [3.05, 3.63) is 12.2 Å². The molecule has 4 heteroatoms. The minimum atomic E-state index is 0. The Labute approximate surface area is 169 Å². The van der Waals surface area contributed by atoms with Crippen molar-refractivity contribution in [1.29, 1.82) is 0 Å². The average molecular weight is 389 g/mol. The Morgan fingerprint density at radius 3 is 1.69 bits per heavy atom.